The number of rotatable bonds is 10. The second kappa shape index (κ2) is 15.6. The lowest BCUT2D eigenvalue weighted by molar-refractivity contribution is 0.0527. The molecule has 0 radical (unpaired) electrons. The molecule has 0 aliphatic heterocycles. The van der Waals surface area contributed by atoms with E-state index in [-0.39, 0.29) is 30.2 Å². The van der Waals surface area contributed by atoms with E-state index in [4.69, 9.17) is 25.7 Å². The molecule has 3 rings (SSSR count). The number of imidazole rings is 1. The number of anilines is 1. The molecule has 1 heterocycles. The first kappa shape index (κ1) is 34.7. The number of hydrogen-bond acceptors (Lipinski definition) is 7. The molecule has 1 aromatic heterocycles. The van der Waals surface area contributed by atoms with Gasteiger partial charge in [-0.1, -0.05) is 32.9 Å². The SMILES string of the molecule is CC(C)(C)OC(=O)NCCCN[C@@H](c1nc(-c2cc(F)ccc2F)cn1Cc1cccc(N)c1)C(C)(C)C.OCCO. The number of aromatic nitrogens is 2. The summed E-state index contributed by atoms with van der Waals surface area (Å²) in [7, 11) is 0. The Bertz CT molecular complexity index is 1280. The van der Waals surface area contributed by atoms with Crippen LogP contribution < -0.4 is 16.4 Å². The number of nitrogens with two attached hydrogens (primary N) is 1. The molecule has 0 aliphatic carbocycles. The molecule has 11 heteroatoms. The zero-order chi connectivity index (χ0) is 31.5. The molecule has 0 saturated heterocycles. The number of halogens is 2. The number of carbonyl (C=O) groups excluding carboxylic acids is 1. The van der Waals surface area contributed by atoms with E-state index in [0.29, 0.717) is 43.3 Å². The molecule has 232 valence electrons. The van der Waals surface area contributed by atoms with Crippen LogP contribution in [-0.4, -0.2) is 57.8 Å². The molecule has 0 aliphatic rings. The molecule has 1 amide bonds. The number of amides is 1. The van der Waals surface area contributed by atoms with E-state index in [1.807, 2.05) is 49.6 Å². The number of benzene rings is 2. The fourth-order valence-electron chi connectivity index (χ4n) is 4.12. The van der Waals surface area contributed by atoms with Crippen molar-refractivity contribution in [1.29, 1.82) is 0 Å². The van der Waals surface area contributed by atoms with Gasteiger partial charge in [-0.05, 0) is 75.0 Å². The summed E-state index contributed by atoms with van der Waals surface area (Å²) in [4.78, 5) is 16.7. The highest BCUT2D eigenvalue weighted by molar-refractivity contribution is 5.67. The zero-order valence-electron chi connectivity index (χ0n) is 25.4. The average Bonchev–Trinajstić information content (AvgIpc) is 3.28. The monoisotopic (exact) mass is 589 g/mol. The van der Waals surface area contributed by atoms with Crippen molar-refractivity contribution in [3.63, 3.8) is 0 Å². The summed E-state index contributed by atoms with van der Waals surface area (Å²) in [5.41, 5.74) is 7.23. The van der Waals surface area contributed by atoms with Crippen LogP contribution in [-0.2, 0) is 11.3 Å². The van der Waals surface area contributed by atoms with Crippen molar-refractivity contribution < 1.29 is 28.5 Å². The largest absolute Gasteiger partial charge is 0.444 e. The van der Waals surface area contributed by atoms with Gasteiger partial charge in [0.05, 0.1) is 24.9 Å². The summed E-state index contributed by atoms with van der Waals surface area (Å²) in [5, 5.41) is 21.6. The molecule has 6 N–H and O–H groups in total. The molecule has 2 aromatic carbocycles. The maximum absolute atomic E-state index is 14.7. The van der Waals surface area contributed by atoms with Crippen LogP contribution in [0.2, 0.25) is 0 Å². The van der Waals surface area contributed by atoms with E-state index >= 15 is 0 Å². The van der Waals surface area contributed by atoms with Gasteiger partial charge in [-0.3, -0.25) is 0 Å². The standard InChI is InChI=1S/C29H39F2N5O2.C2H6O2/c1-28(2,3)25(33-13-8-14-34-27(37)38-29(4,5)6)26-35-24(22-16-20(30)11-12-23(22)31)18-36(26)17-19-9-7-10-21(32)15-19;3-1-2-4/h7,9-12,15-16,18,25,33H,8,13-14,17,32H2,1-6H3,(H,34,37);3-4H,1-2H2/t25-;/m0./s1. The normalized spacial score (nSPS) is 12.3. The molecule has 42 heavy (non-hydrogen) atoms. The van der Waals surface area contributed by atoms with E-state index in [1.54, 1.807) is 6.20 Å². The Hall–Kier alpha value is -3.54. The molecule has 0 fully saturated rings. The number of nitrogens with one attached hydrogen (secondary N) is 2. The van der Waals surface area contributed by atoms with Crippen LogP contribution in [0.15, 0.2) is 48.7 Å². The quantitative estimate of drug-likeness (QED) is 0.166. The highest BCUT2D eigenvalue weighted by atomic mass is 19.1. The molecule has 0 bridgehead atoms. The molecule has 0 spiro atoms. The molecule has 1 atom stereocenters. The van der Waals surface area contributed by atoms with E-state index in [2.05, 4.69) is 31.4 Å². The maximum atomic E-state index is 14.7. The van der Waals surface area contributed by atoms with Crippen LogP contribution in [0.5, 0.6) is 0 Å². The number of aliphatic hydroxyl groups is 2. The van der Waals surface area contributed by atoms with Crippen LogP contribution in [0.4, 0.5) is 19.3 Å². The summed E-state index contributed by atoms with van der Waals surface area (Å²) >= 11 is 0. The maximum Gasteiger partial charge on any atom is 0.407 e. The van der Waals surface area contributed by atoms with Crippen LogP contribution >= 0.6 is 0 Å². The highest BCUT2D eigenvalue weighted by Crippen LogP contribution is 2.35. The lowest BCUT2D eigenvalue weighted by atomic mass is 9.86. The molecule has 0 unspecified atom stereocenters. The number of ether oxygens (including phenoxy) is 1. The van der Waals surface area contributed by atoms with Crippen molar-refractivity contribution in [1.82, 2.24) is 20.2 Å². The zero-order valence-corrected chi connectivity index (χ0v) is 25.4. The van der Waals surface area contributed by atoms with Gasteiger partial charge in [-0.25, -0.2) is 18.6 Å². The number of alkyl carbamates (subject to hydrolysis) is 1. The Kier molecular flexibility index (Phi) is 12.9. The number of hydrogen-bond donors (Lipinski definition) is 5. The van der Waals surface area contributed by atoms with Crippen molar-refractivity contribution in [3.05, 3.63) is 71.7 Å². The van der Waals surface area contributed by atoms with Gasteiger partial charge in [0.1, 0.15) is 23.1 Å². The van der Waals surface area contributed by atoms with Crippen LogP contribution in [0.25, 0.3) is 11.3 Å². The van der Waals surface area contributed by atoms with Gasteiger partial charge < -0.3 is 35.9 Å². The molecular weight excluding hydrogens is 544 g/mol. The fourth-order valence-corrected chi connectivity index (χ4v) is 4.12. The highest BCUT2D eigenvalue weighted by Gasteiger charge is 2.31. The van der Waals surface area contributed by atoms with Gasteiger partial charge in [0.15, 0.2) is 0 Å². The average molecular weight is 590 g/mol. The Labute approximate surface area is 247 Å². The smallest absolute Gasteiger partial charge is 0.407 e. The molecule has 3 aromatic rings. The van der Waals surface area contributed by atoms with Gasteiger partial charge >= 0.3 is 6.09 Å². The molecule has 0 saturated carbocycles. The van der Waals surface area contributed by atoms with Crippen LogP contribution in [0.3, 0.4) is 0 Å². The predicted octanol–water partition coefficient (Wildman–Crippen LogP) is 5.02. The minimum absolute atomic E-state index is 0.104. The first-order valence-corrected chi connectivity index (χ1v) is 13.9. The van der Waals surface area contributed by atoms with Gasteiger partial charge in [-0.15, -0.1) is 0 Å². The third-order valence-corrected chi connectivity index (χ3v) is 5.91. The third kappa shape index (κ3) is 11.4. The van der Waals surface area contributed by atoms with Crippen molar-refractivity contribution in [2.45, 2.75) is 66.2 Å². The number of nitrogens with zero attached hydrogens (tertiary/aromatic N) is 2. The lowest BCUT2D eigenvalue weighted by Crippen LogP contribution is -2.37. The van der Waals surface area contributed by atoms with Crippen LogP contribution in [0.1, 0.15) is 65.4 Å². The fraction of sp³-hybridized carbons (Fsp3) is 0.484. The second-order valence-electron chi connectivity index (χ2n) is 12.0. The van der Waals surface area contributed by atoms with Gasteiger partial charge in [-0.2, -0.15) is 0 Å². The predicted molar refractivity (Wildman–Crippen MR) is 161 cm³/mol. The molecular formula is C31H45F2N5O4. The number of nitrogen functional groups attached to an aromatic ring is 1. The van der Waals surface area contributed by atoms with Crippen molar-refractivity contribution >= 4 is 11.8 Å². The van der Waals surface area contributed by atoms with Crippen molar-refractivity contribution in [2.24, 2.45) is 5.41 Å². The minimum Gasteiger partial charge on any atom is -0.444 e. The second-order valence-corrected chi connectivity index (χ2v) is 12.0. The van der Waals surface area contributed by atoms with Crippen molar-refractivity contribution in [3.8, 4) is 11.3 Å². The summed E-state index contributed by atoms with van der Waals surface area (Å²) in [5.74, 6) is -0.380. The number of carbonyl (C=O) groups is 1. The number of aliphatic hydroxyl groups excluding tert-OH is 2. The first-order valence-electron chi connectivity index (χ1n) is 13.9. The van der Waals surface area contributed by atoms with Gasteiger partial charge in [0, 0.05) is 30.5 Å². The first-order chi connectivity index (χ1) is 19.6. The topological polar surface area (TPSA) is 135 Å². The van der Waals surface area contributed by atoms with Crippen molar-refractivity contribution in [2.75, 3.05) is 32.0 Å². The van der Waals surface area contributed by atoms with Crippen LogP contribution in [0, 0.1) is 17.0 Å². The molecule has 9 nitrogen and oxygen atoms in total. The minimum atomic E-state index is -0.557. The van der Waals surface area contributed by atoms with E-state index in [0.717, 1.165) is 23.8 Å². The Morgan fingerprint density at radius 3 is 2.33 bits per heavy atom. The summed E-state index contributed by atoms with van der Waals surface area (Å²) in [6.07, 6.45) is 1.96. The van der Waals surface area contributed by atoms with E-state index < -0.39 is 23.3 Å². The van der Waals surface area contributed by atoms with Gasteiger partial charge in [0.2, 0.25) is 0 Å². The summed E-state index contributed by atoms with van der Waals surface area (Å²) in [6, 6.07) is 10.7. The summed E-state index contributed by atoms with van der Waals surface area (Å²) < 4.78 is 35.9. The van der Waals surface area contributed by atoms with E-state index in [1.165, 1.54) is 0 Å². The van der Waals surface area contributed by atoms with Gasteiger partial charge in [0.25, 0.3) is 0 Å². The lowest BCUT2D eigenvalue weighted by Gasteiger charge is -2.32. The van der Waals surface area contributed by atoms with E-state index in [9.17, 15) is 13.6 Å². The Morgan fingerprint density at radius 1 is 1.05 bits per heavy atom. The third-order valence-electron chi connectivity index (χ3n) is 5.91. The summed E-state index contributed by atoms with van der Waals surface area (Å²) in [6.45, 7) is 13.0. The Morgan fingerprint density at radius 2 is 1.74 bits per heavy atom. The Balaban J connectivity index is 0.00000144.